The Balaban J connectivity index is 2.22. The summed E-state index contributed by atoms with van der Waals surface area (Å²) in [7, 11) is 0. The van der Waals surface area contributed by atoms with E-state index >= 15 is 0 Å². The van der Waals surface area contributed by atoms with E-state index < -0.39 is 0 Å². The molecule has 0 aliphatic rings. The van der Waals surface area contributed by atoms with Gasteiger partial charge in [-0.2, -0.15) is 0 Å². The van der Waals surface area contributed by atoms with Crippen LogP contribution in [0.25, 0.3) is 0 Å². The zero-order valence-electron chi connectivity index (χ0n) is 8.59. The van der Waals surface area contributed by atoms with Crippen molar-refractivity contribution in [2.75, 3.05) is 5.32 Å². The van der Waals surface area contributed by atoms with Crippen molar-refractivity contribution >= 4 is 27.7 Å². The maximum atomic E-state index is 11.8. The van der Waals surface area contributed by atoms with Crippen molar-refractivity contribution in [3.05, 3.63) is 46.8 Å². The van der Waals surface area contributed by atoms with Crippen LogP contribution in [0.4, 0.5) is 5.82 Å². The van der Waals surface area contributed by atoms with Gasteiger partial charge in [0.1, 0.15) is 4.60 Å². The number of carbonyl (C=O) groups is 1. The smallest absolute Gasteiger partial charge is 0.257 e. The molecule has 0 fully saturated rings. The van der Waals surface area contributed by atoms with Gasteiger partial charge in [-0.05, 0) is 40.2 Å². The minimum absolute atomic E-state index is 0.0874. The van der Waals surface area contributed by atoms with E-state index in [0.29, 0.717) is 10.2 Å². The third kappa shape index (κ3) is 2.79. The lowest BCUT2D eigenvalue weighted by molar-refractivity contribution is 0.102. The monoisotopic (exact) mass is 293 g/mol. The molecule has 86 valence electrons. The van der Waals surface area contributed by atoms with Gasteiger partial charge < -0.3 is 10.4 Å². The summed E-state index contributed by atoms with van der Waals surface area (Å²) in [6, 6.07) is 6.17. The first-order valence-electron chi connectivity index (χ1n) is 4.74. The first-order valence-corrected chi connectivity index (χ1v) is 5.53. The molecule has 0 aromatic carbocycles. The predicted octanol–water partition coefficient (Wildman–Crippen LogP) is 2.20. The van der Waals surface area contributed by atoms with Gasteiger partial charge in [-0.15, -0.1) is 0 Å². The van der Waals surface area contributed by atoms with Gasteiger partial charge in [-0.25, -0.2) is 4.98 Å². The molecule has 2 N–H and O–H groups in total. The van der Waals surface area contributed by atoms with Crippen molar-refractivity contribution in [3.63, 3.8) is 0 Å². The molecule has 1 amide bonds. The number of nitrogens with one attached hydrogen (secondary N) is 1. The van der Waals surface area contributed by atoms with Crippen molar-refractivity contribution in [3.8, 4) is 5.75 Å². The van der Waals surface area contributed by atoms with E-state index in [9.17, 15) is 9.90 Å². The number of aromatic nitrogens is 2. The maximum absolute atomic E-state index is 11.8. The molecule has 0 unspecified atom stereocenters. The molecular formula is C11H8BrN3O2. The third-order valence-electron chi connectivity index (χ3n) is 2.01. The van der Waals surface area contributed by atoms with Crippen LogP contribution in [0, 0.1) is 0 Å². The normalized spacial score (nSPS) is 9.94. The number of pyridine rings is 2. The third-order valence-corrected chi connectivity index (χ3v) is 2.46. The van der Waals surface area contributed by atoms with E-state index in [4.69, 9.17) is 0 Å². The molecule has 6 heteroatoms. The van der Waals surface area contributed by atoms with Crippen molar-refractivity contribution in [1.82, 2.24) is 9.97 Å². The minimum atomic E-state index is -0.353. The van der Waals surface area contributed by atoms with Gasteiger partial charge in [0, 0.05) is 18.0 Å². The fourth-order valence-corrected chi connectivity index (χ4v) is 1.51. The second kappa shape index (κ2) is 4.92. The van der Waals surface area contributed by atoms with Crippen molar-refractivity contribution in [2.45, 2.75) is 0 Å². The highest BCUT2D eigenvalue weighted by molar-refractivity contribution is 9.10. The Morgan fingerprint density at radius 1 is 1.24 bits per heavy atom. The quantitative estimate of drug-likeness (QED) is 0.833. The second-order valence-electron chi connectivity index (χ2n) is 3.19. The number of amides is 1. The van der Waals surface area contributed by atoms with E-state index in [1.54, 1.807) is 18.2 Å². The Hall–Kier alpha value is -1.95. The molecular weight excluding hydrogens is 286 g/mol. The number of carbonyl (C=O) groups excluding carboxylic acids is 1. The molecule has 0 bridgehead atoms. The zero-order valence-corrected chi connectivity index (χ0v) is 10.2. The van der Waals surface area contributed by atoms with E-state index in [1.165, 1.54) is 18.5 Å². The molecule has 0 aliphatic heterocycles. The van der Waals surface area contributed by atoms with E-state index in [-0.39, 0.29) is 17.5 Å². The summed E-state index contributed by atoms with van der Waals surface area (Å²) in [5, 5.41) is 12.0. The number of anilines is 1. The number of aromatic hydroxyl groups is 1. The largest absolute Gasteiger partial charge is 0.504 e. The van der Waals surface area contributed by atoms with Gasteiger partial charge in [-0.1, -0.05) is 0 Å². The molecule has 0 radical (unpaired) electrons. The summed E-state index contributed by atoms with van der Waals surface area (Å²) in [5.41, 5.74) is 0.446. The summed E-state index contributed by atoms with van der Waals surface area (Å²) >= 11 is 3.16. The lowest BCUT2D eigenvalue weighted by atomic mass is 10.2. The zero-order chi connectivity index (χ0) is 12.3. The van der Waals surface area contributed by atoms with Gasteiger partial charge in [-0.3, -0.25) is 9.78 Å². The topological polar surface area (TPSA) is 75.1 Å². The summed E-state index contributed by atoms with van der Waals surface area (Å²) in [4.78, 5) is 19.5. The molecule has 2 rings (SSSR count). The van der Waals surface area contributed by atoms with Crippen molar-refractivity contribution in [1.29, 1.82) is 0 Å². The van der Waals surface area contributed by atoms with Crippen molar-refractivity contribution in [2.24, 2.45) is 0 Å². The SMILES string of the molecule is O=C(Nc1nc(Br)ccc1O)c1ccncc1. The average molecular weight is 294 g/mol. The Bertz CT molecular complexity index is 546. The summed E-state index contributed by atoms with van der Waals surface area (Å²) in [6.07, 6.45) is 3.03. The molecule has 2 aromatic heterocycles. The fraction of sp³-hybridized carbons (Fsp3) is 0. The Morgan fingerprint density at radius 3 is 2.65 bits per heavy atom. The first kappa shape index (κ1) is 11.5. The minimum Gasteiger partial charge on any atom is -0.504 e. The van der Waals surface area contributed by atoms with Crippen LogP contribution in [-0.4, -0.2) is 21.0 Å². The Kier molecular flexibility index (Phi) is 3.34. The molecule has 2 aromatic rings. The van der Waals surface area contributed by atoms with Gasteiger partial charge >= 0.3 is 0 Å². The molecule has 2 heterocycles. The van der Waals surface area contributed by atoms with Crippen LogP contribution in [0.5, 0.6) is 5.75 Å². The molecule has 0 atom stereocenters. The fourth-order valence-electron chi connectivity index (χ4n) is 1.20. The molecule has 0 spiro atoms. The number of halogens is 1. The van der Waals surface area contributed by atoms with Crippen LogP contribution in [0.2, 0.25) is 0 Å². The van der Waals surface area contributed by atoms with Crippen LogP contribution in [0.15, 0.2) is 41.3 Å². The average Bonchev–Trinajstić information content (AvgIpc) is 2.35. The molecule has 5 nitrogen and oxygen atoms in total. The molecule has 0 saturated heterocycles. The lowest BCUT2D eigenvalue weighted by Gasteiger charge is -2.06. The van der Waals surface area contributed by atoms with Crippen LogP contribution >= 0.6 is 15.9 Å². The van der Waals surface area contributed by atoms with E-state index in [0.717, 1.165) is 0 Å². The number of nitrogens with zero attached hydrogens (tertiary/aromatic N) is 2. The van der Waals surface area contributed by atoms with Gasteiger partial charge in [0.25, 0.3) is 5.91 Å². The Morgan fingerprint density at radius 2 is 1.94 bits per heavy atom. The predicted molar refractivity (Wildman–Crippen MR) is 65.8 cm³/mol. The van der Waals surface area contributed by atoms with E-state index in [2.05, 4.69) is 31.2 Å². The molecule has 0 saturated carbocycles. The maximum Gasteiger partial charge on any atom is 0.257 e. The summed E-state index contributed by atoms with van der Waals surface area (Å²) in [5.74, 6) is -0.329. The highest BCUT2D eigenvalue weighted by Gasteiger charge is 2.10. The van der Waals surface area contributed by atoms with Gasteiger partial charge in [0.05, 0.1) is 0 Å². The Labute approximate surface area is 106 Å². The molecule has 0 aliphatic carbocycles. The van der Waals surface area contributed by atoms with E-state index in [1.807, 2.05) is 0 Å². The highest BCUT2D eigenvalue weighted by Crippen LogP contribution is 2.23. The second-order valence-corrected chi connectivity index (χ2v) is 4.00. The molecule has 17 heavy (non-hydrogen) atoms. The summed E-state index contributed by atoms with van der Waals surface area (Å²) < 4.78 is 0.528. The summed E-state index contributed by atoms with van der Waals surface area (Å²) in [6.45, 7) is 0. The van der Waals surface area contributed by atoms with Gasteiger partial charge in [0.2, 0.25) is 0 Å². The van der Waals surface area contributed by atoms with Crippen molar-refractivity contribution < 1.29 is 9.90 Å². The standard InChI is InChI=1S/C11H8BrN3O2/c12-9-2-1-8(16)10(14-9)15-11(17)7-3-5-13-6-4-7/h1-6,16H,(H,14,15,17). The first-order chi connectivity index (χ1) is 8.16. The lowest BCUT2D eigenvalue weighted by Crippen LogP contribution is -2.13. The van der Waals surface area contributed by atoms with Crippen LogP contribution in [-0.2, 0) is 0 Å². The van der Waals surface area contributed by atoms with Crippen LogP contribution in [0.1, 0.15) is 10.4 Å². The number of hydrogen-bond donors (Lipinski definition) is 2. The van der Waals surface area contributed by atoms with Gasteiger partial charge in [0.15, 0.2) is 11.6 Å². The van der Waals surface area contributed by atoms with Crippen LogP contribution in [0.3, 0.4) is 0 Å². The highest BCUT2D eigenvalue weighted by atomic mass is 79.9. The van der Waals surface area contributed by atoms with Crippen LogP contribution < -0.4 is 5.32 Å². The number of hydrogen-bond acceptors (Lipinski definition) is 4. The number of rotatable bonds is 2.